The summed E-state index contributed by atoms with van der Waals surface area (Å²) in [6.45, 7) is 0.636. The predicted molar refractivity (Wildman–Crippen MR) is 62.0 cm³/mol. The maximum atomic E-state index is 5.86. The maximum Gasteiger partial charge on any atom is 0.0306 e. The third kappa shape index (κ3) is 4.09. The van der Waals surface area contributed by atoms with Gasteiger partial charge in [0, 0.05) is 10.5 Å². The van der Waals surface area contributed by atoms with Crippen molar-refractivity contribution in [2.24, 2.45) is 11.5 Å². The number of hydrogen-bond acceptors (Lipinski definition) is 2. The minimum atomic E-state index is 0. The molecule has 0 spiro atoms. The smallest absolute Gasteiger partial charge is 0.0306 e. The zero-order valence-corrected chi connectivity index (χ0v) is 9.64. The van der Waals surface area contributed by atoms with Crippen LogP contribution in [0, 0.1) is 0 Å². The fourth-order valence-electron chi connectivity index (χ4n) is 1.06. The summed E-state index contributed by atoms with van der Waals surface area (Å²) in [7, 11) is 0. The highest BCUT2D eigenvalue weighted by Crippen LogP contribution is 2.16. The molecule has 1 aromatic carbocycles. The molecule has 0 radical (unpaired) electrons. The van der Waals surface area contributed by atoms with Crippen LogP contribution in [-0.2, 0) is 0 Å². The van der Waals surface area contributed by atoms with E-state index in [1.54, 1.807) is 0 Å². The first-order valence-electron chi connectivity index (χ1n) is 3.95. The molecule has 0 aliphatic rings. The summed E-state index contributed by atoms with van der Waals surface area (Å²) in [6.07, 6.45) is 0.835. The Hall–Kier alpha value is -0.0900. The van der Waals surface area contributed by atoms with Crippen LogP contribution in [0.25, 0.3) is 0 Å². The normalized spacial score (nSPS) is 11.9. The lowest BCUT2D eigenvalue weighted by atomic mass is 10.1. The summed E-state index contributed by atoms with van der Waals surface area (Å²) in [5.74, 6) is 0. The lowest BCUT2D eigenvalue weighted by Gasteiger charge is -2.09. The van der Waals surface area contributed by atoms with Gasteiger partial charge in [-0.3, -0.25) is 0 Å². The molecule has 0 saturated heterocycles. The van der Waals surface area contributed by atoms with E-state index >= 15 is 0 Å². The van der Waals surface area contributed by atoms with E-state index in [2.05, 4.69) is 15.9 Å². The zero-order chi connectivity index (χ0) is 8.97. The van der Waals surface area contributed by atoms with Gasteiger partial charge in [-0.2, -0.15) is 0 Å². The minimum Gasteiger partial charge on any atom is -0.330 e. The second-order valence-electron chi connectivity index (χ2n) is 2.74. The fourth-order valence-corrected chi connectivity index (χ4v) is 1.32. The van der Waals surface area contributed by atoms with E-state index in [9.17, 15) is 0 Å². The second-order valence-corrected chi connectivity index (χ2v) is 3.65. The van der Waals surface area contributed by atoms with Gasteiger partial charge in [0.05, 0.1) is 0 Å². The van der Waals surface area contributed by atoms with Crippen LogP contribution in [0.1, 0.15) is 18.0 Å². The van der Waals surface area contributed by atoms with Gasteiger partial charge in [0.25, 0.3) is 0 Å². The van der Waals surface area contributed by atoms with Crippen LogP contribution in [0.2, 0.25) is 0 Å². The SMILES string of the molecule is Cl.NCC[C@@H](N)c1ccc(Br)cc1. The molecular weight excluding hydrogens is 251 g/mol. The van der Waals surface area contributed by atoms with Crippen LogP contribution in [0.3, 0.4) is 0 Å². The van der Waals surface area contributed by atoms with Crippen LogP contribution >= 0.6 is 28.3 Å². The van der Waals surface area contributed by atoms with Crippen molar-refractivity contribution in [1.82, 2.24) is 0 Å². The summed E-state index contributed by atoms with van der Waals surface area (Å²) >= 11 is 3.37. The van der Waals surface area contributed by atoms with Gasteiger partial charge < -0.3 is 11.5 Å². The Morgan fingerprint density at radius 2 is 1.77 bits per heavy atom. The molecule has 0 bridgehead atoms. The summed E-state index contributed by atoms with van der Waals surface area (Å²) < 4.78 is 1.08. The molecule has 74 valence electrons. The number of rotatable bonds is 3. The fraction of sp³-hybridized carbons (Fsp3) is 0.333. The van der Waals surface area contributed by atoms with Crippen LogP contribution < -0.4 is 11.5 Å². The van der Waals surface area contributed by atoms with E-state index in [1.807, 2.05) is 24.3 Å². The van der Waals surface area contributed by atoms with Gasteiger partial charge in [0.1, 0.15) is 0 Å². The monoisotopic (exact) mass is 264 g/mol. The number of benzene rings is 1. The number of halogens is 2. The Kier molecular flexibility index (Phi) is 6.33. The van der Waals surface area contributed by atoms with Gasteiger partial charge in [-0.05, 0) is 30.7 Å². The molecule has 0 aliphatic carbocycles. The van der Waals surface area contributed by atoms with E-state index < -0.39 is 0 Å². The molecule has 0 amide bonds. The van der Waals surface area contributed by atoms with Gasteiger partial charge in [0.2, 0.25) is 0 Å². The van der Waals surface area contributed by atoms with Crippen molar-refractivity contribution in [3.63, 3.8) is 0 Å². The largest absolute Gasteiger partial charge is 0.330 e. The Labute approximate surface area is 93.2 Å². The van der Waals surface area contributed by atoms with Gasteiger partial charge in [0.15, 0.2) is 0 Å². The summed E-state index contributed by atoms with van der Waals surface area (Å²) in [4.78, 5) is 0. The lowest BCUT2D eigenvalue weighted by molar-refractivity contribution is 0.661. The van der Waals surface area contributed by atoms with Crippen LogP contribution in [0.4, 0.5) is 0 Å². The molecule has 0 aliphatic heterocycles. The van der Waals surface area contributed by atoms with Crippen molar-refractivity contribution >= 4 is 28.3 Å². The molecule has 0 heterocycles. The number of hydrogen-bond donors (Lipinski definition) is 2. The van der Waals surface area contributed by atoms with Crippen molar-refractivity contribution in [3.8, 4) is 0 Å². The zero-order valence-electron chi connectivity index (χ0n) is 7.24. The third-order valence-corrected chi connectivity index (χ3v) is 2.30. The number of nitrogens with two attached hydrogens (primary N) is 2. The maximum absolute atomic E-state index is 5.86. The van der Waals surface area contributed by atoms with Crippen molar-refractivity contribution in [2.45, 2.75) is 12.5 Å². The second kappa shape index (κ2) is 6.38. The van der Waals surface area contributed by atoms with Crippen LogP contribution in [-0.4, -0.2) is 6.54 Å². The molecule has 1 rings (SSSR count). The molecule has 0 unspecified atom stereocenters. The van der Waals surface area contributed by atoms with E-state index in [-0.39, 0.29) is 18.4 Å². The van der Waals surface area contributed by atoms with E-state index in [0.717, 1.165) is 16.5 Å². The highest BCUT2D eigenvalue weighted by Gasteiger charge is 2.03. The van der Waals surface area contributed by atoms with Crippen molar-refractivity contribution < 1.29 is 0 Å². The Balaban J connectivity index is 0.00000144. The van der Waals surface area contributed by atoms with Gasteiger partial charge in [-0.25, -0.2) is 0 Å². The quantitative estimate of drug-likeness (QED) is 0.880. The van der Waals surface area contributed by atoms with Crippen molar-refractivity contribution in [1.29, 1.82) is 0 Å². The molecular formula is C9H14BrClN2. The lowest BCUT2D eigenvalue weighted by Crippen LogP contribution is -2.14. The Morgan fingerprint density at radius 3 is 2.23 bits per heavy atom. The molecule has 13 heavy (non-hydrogen) atoms. The van der Waals surface area contributed by atoms with E-state index in [1.165, 1.54) is 0 Å². The summed E-state index contributed by atoms with van der Waals surface area (Å²) in [5.41, 5.74) is 12.4. The first kappa shape index (κ1) is 12.9. The predicted octanol–water partition coefficient (Wildman–Crippen LogP) is 2.22. The topological polar surface area (TPSA) is 52.0 Å². The molecule has 0 aromatic heterocycles. The molecule has 2 nitrogen and oxygen atoms in total. The minimum absolute atomic E-state index is 0. The summed E-state index contributed by atoms with van der Waals surface area (Å²) in [6, 6.07) is 8.09. The molecule has 0 fully saturated rings. The van der Waals surface area contributed by atoms with E-state index in [4.69, 9.17) is 11.5 Å². The van der Waals surface area contributed by atoms with Crippen molar-refractivity contribution in [2.75, 3.05) is 6.54 Å². The average Bonchev–Trinajstić information content (AvgIpc) is 2.06. The average molecular weight is 266 g/mol. The van der Waals surface area contributed by atoms with Crippen LogP contribution in [0.5, 0.6) is 0 Å². The molecule has 0 saturated carbocycles. The highest BCUT2D eigenvalue weighted by atomic mass is 79.9. The summed E-state index contributed by atoms with van der Waals surface area (Å²) in [5, 5.41) is 0. The molecule has 4 N–H and O–H groups in total. The standard InChI is InChI=1S/C9H13BrN2.ClH/c10-8-3-1-7(2-4-8)9(12)5-6-11;/h1-4,9H,5-6,11-12H2;1H/t9-;/m1./s1. The molecule has 1 aromatic rings. The van der Waals surface area contributed by atoms with Gasteiger partial charge in [-0.1, -0.05) is 28.1 Å². The Morgan fingerprint density at radius 1 is 1.23 bits per heavy atom. The highest BCUT2D eigenvalue weighted by molar-refractivity contribution is 9.10. The van der Waals surface area contributed by atoms with Gasteiger partial charge in [-0.15, -0.1) is 12.4 Å². The molecule has 4 heteroatoms. The van der Waals surface area contributed by atoms with Crippen molar-refractivity contribution in [3.05, 3.63) is 34.3 Å². The first-order valence-corrected chi connectivity index (χ1v) is 4.74. The third-order valence-electron chi connectivity index (χ3n) is 1.78. The Bertz CT molecular complexity index is 238. The first-order chi connectivity index (χ1) is 5.74. The molecule has 1 atom stereocenters. The van der Waals surface area contributed by atoms with Gasteiger partial charge >= 0.3 is 0 Å². The van der Waals surface area contributed by atoms with E-state index in [0.29, 0.717) is 6.54 Å². The van der Waals surface area contributed by atoms with Crippen LogP contribution in [0.15, 0.2) is 28.7 Å².